The maximum absolute atomic E-state index is 12.2. The highest BCUT2D eigenvalue weighted by molar-refractivity contribution is 5.97. The van der Waals surface area contributed by atoms with Gasteiger partial charge in [0.05, 0.1) is 17.1 Å². The molecule has 0 radical (unpaired) electrons. The number of carbonyl (C=O) groups excluding carboxylic acids is 2. The van der Waals surface area contributed by atoms with Gasteiger partial charge in [0.1, 0.15) is 5.69 Å². The monoisotopic (exact) mass is 345 g/mol. The molecule has 6 heteroatoms. The summed E-state index contributed by atoms with van der Waals surface area (Å²) in [5.41, 5.74) is 1.82. The van der Waals surface area contributed by atoms with Crippen LogP contribution in [0.3, 0.4) is 0 Å². The van der Waals surface area contributed by atoms with Gasteiger partial charge in [0.25, 0.3) is 5.91 Å². The Bertz CT molecular complexity index is 1010. The molecule has 0 saturated carbocycles. The number of fused-ring (bicyclic) bond motifs is 1. The zero-order valence-corrected chi connectivity index (χ0v) is 14.0. The summed E-state index contributed by atoms with van der Waals surface area (Å²) < 4.78 is 5.20. The normalized spacial score (nSPS) is 11.4. The maximum atomic E-state index is 12.2. The van der Waals surface area contributed by atoms with E-state index in [-0.39, 0.29) is 5.69 Å². The fourth-order valence-corrected chi connectivity index (χ4v) is 2.33. The predicted octanol–water partition coefficient (Wildman–Crippen LogP) is 3.29. The van der Waals surface area contributed by atoms with Gasteiger partial charge in [-0.05, 0) is 43.3 Å². The van der Waals surface area contributed by atoms with Gasteiger partial charge in [0.15, 0.2) is 6.10 Å². The minimum Gasteiger partial charge on any atom is -0.448 e. The van der Waals surface area contributed by atoms with E-state index in [1.807, 2.05) is 24.3 Å². The van der Waals surface area contributed by atoms with E-state index in [0.29, 0.717) is 16.8 Å². The molecule has 0 aliphatic carbocycles. The van der Waals surface area contributed by atoms with Gasteiger partial charge in [-0.15, -0.1) is 0 Å². The topological polar surface area (TPSA) is 92.1 Å². The highest BCUT2D eigenvalue weighted by Gasteiger charge is 2.20. The van der Waals surface area contributed by atoms with E-state index in [9.17, 15) is 9.59 Å². The van der Waals surface area contributed by atoms with Crippen LogP contribution in [-0.4, -0.2) is 23.0 Å². The van der Waals surface area contributed by atoms with Crippen molar-refractivity contribution in [2.24, 2.45) is 0 Å². The molecule has 0 bridgehead atoms. The molecule has 0 aliphatic heterocycles. The lowest BCUT2D eigenvalue weighted by Gasteiger charge is -2.13. The number of amides is 1. The first kappa shape index (κ1) is 17.1. The van der Waals surface area contributed by atoms with E-state index >= 15 is 0 Å². The van der Waals surface area contributed by atoms with Crippen molar-refractivity contribution in [2.75, 3.05) is 5.32 Å². The number of anilines is 1. The first-order valence-electron chi connectivity index (χ1n) is 7.94. The molecule has 6 nitrogen and oxygen atoms in total. The predicted molar refractivity (Wildman–Crippen MR) is 96.4 cm³/mol. The summed E-state index contributed by atoms with van der Waals surface area (Å²) >= 11 is 0. The number of ether oxygens (including phenoxy) is 1. The Balaban J connectivity index is 1.65. The van der Waals surface area contributed by atoms with Crippen LogP contribution in [0.1, 0.15) is 23.0 Å². The smallest absolute Gasteiger partial charge is 0.357 e. The number of nitriles is 1. The molecule has 1 atom stereocenters. The Kier molecular flexibility index (Phi) is 4.90. The van der Waals surface area contributed by atoms with E-state index < -0.39 is 18.0 Å². The van der Waals surface area contributed by atoms with Crippen molar-refractivity contribution < 1.29 is 14.3 Å². The van der Waals surface area contributed by atoms with Gasteiger partial charge < -0.3 is 10.1 Å². The summed E-state index contributed by atoms with van der Waals surface area (Å²) in [5.74, 6) is -1.14. The van der Waals surface area contributed by atoms with Crippen LogP contribution < -0.4 is 5.32 Å². The lowest BCUT2D eigenvalue weighted by Crippen LogP contribution is -2.30. The number of aromatic nitrogens is 1. The van der Waals surface area contributed by atoms with Crippen LogP contribution in [0.5, 0.6) is 0 Å². The number of benzene rings is 2. The average Bonchev–Trinajstić information content (AvgIpc) is 2.68. The number of nitrogens with zero attached hydrogens (tertiary/aromatic N) is 2. The summed E-state index contributed by atoms with van der Waals surface area (Å²) in [6.07, 6.45) is -0.994. The second-order valence-electron chi connectivity index (χ2n) is 5.62. The first-order chi connectivity index (χ1) is 12.6. The molecule has 0 spiro atoms. The van der Waals surface area contributed by atoms with E-state index in [1.165, 1.54) is 6.92 Å². The van der Waals surface area contributed by atoms with Gasteiger partial charge in [-0.25, -0.2) is 9.78 Å². The zero-order chi connectivity index (χ0) is 18.5. The molecule has 0 aliphatic rings. The minimum absolute atomic E-state index is 0.140. The van der Waals surface area contributed by atoms with E-state index in [1.54, 1.807) is 42.5 Å². The molecule has 0 fully saturated rings. The third-order valence-electron chi connectivity index (χ3n) is 3.74. The van der Waals surface area contributed by atoms with Crippen molar-refractivity contribution in [1.29, 1.82) is 5.26 Å². The van der Waals surface area contributed by atoms with E-state index in [2.05, 4.69) is 10.3 Å². The standard InChI is InChI=1S/C20H15N3O3/c1-13(19(24)22-16-9-6-14(12-21)7-10-16)26-20(25)18-11-8-15-4-2-3-5-17(15)23-18/h2-11,13H,1H3,(H,22,24)/t13-/m0/s1. The Morgan fingerprint density at radius 2 is 1.81 bits per heavy atom. The second kappa shape index (κ2) is 7.45. The largest absolute Gasteiger partial charge is 0.448 e. The number of hydrogen-bond donors (Lipinski definition) is 1. The van der Waals surface area contributed by atoms with Crippen LogP contribution in [0.2, 0.25) is 0 Å². The van der Waals surface area contributed by atoms with Crippen molar-refractivity contribution in [3.05, 3.63) is 71.9 Å². The van der Waals surface area contributed by atoms with Crippen LogP contribution in [0, 0.1) is 11.3 Å². The Labute approximate surface area is 150 Å². The van der Waals surface area contributed by atoms with Crippen LogP contribution in [-0.2, 0) is 9.53 Å². The minimum atomic E-state index is -0.994. The summed E-state index contributed by atoms with van der Waals surface area (Å²) in [7, 11) is 0. The molecule has 2 aromatic carbocycles. The number of pyridine rings is 1. The van der Waals surface area contributed by atoms with Crippen molar-refractivity contribution >= 4 is 28.5 Å². The maximum Gasteiger partial charge on any atom is 0.357 e. The highest BCUT2D eigenvalue weighted by Crippen LogP contribution is 2.14. The van der Waals surface area contributed by atoms with Gasteiger partial charge in [-0.3, -0.25) is 4.79 Å². The van der Waals surface area contributed by atoms with E-state index in [0.717, 1.165) is 5.39 Å². The van der Waals surface area contributed by atoms with Crippen LogP contribution in [0.4, 0.5) is 5.69 Å². The van der Waals surface area contributed by atoms with Crippen molar-refractivity contribution in [3.8, 4) is 6.07 Å². The van der Waals surface area contributed by atoms with Crippen LogP contribution >= 0.6 is 0 Å². The molecular weight excluding hydrogens is 330 g/mol. The number of para-hydroxylation sites is 1. The summed E-state index contributed by atoms with van der Waals surface area (Å²) in [6, 6.07) is 19.1. The number of esters is 1. The molecule has 0 saturated heterocycles. The number of nitrogens with one attached hydrogen (secondary N) is 1. The zero-order valence-electron chi connectivity index (χ0n) is 14.0. The highest BCUT2D eigenvalue weighted by atomic mass is 16.5. The quantitative estimate of drug-likeness (QED) is 0.733. The fraction of sp³-hybridized carbons (Fsp3) is 0.100. The van der Waals surface area contributed by atoms with Gasteiger partial charge >= 0.3 is 5.97 Å². The van der Waals surface area contributed by atoms with Gasteiger partial charge in [-0.1, -0.05) is 24.3 Å². The number of rotatable bonds is 4. The van der Waals surface area contributed by atoms with Crippen molar-refractivity contribution in [1.82, 2.24) is 4.98 Å². The number of hydrogen-bond acceptors (Lipinski definition) is 5. The summed E-state index contributed by atoms with van der Waals surface area (Å²) in [5, 5.41) is 12.3. The first-order valence-corrected chi connectivity index (χ1v) is 7.94. The molecule has 0 unspecified atom stereocenters. The third-order valence-corrected chi connectivity index (χ3v) is 3.74. The Morgan fingerprint density at radius 3 is 2.54 bits per heavy atom. The molecule has 3 rings (SSSR count). The number of carbonyl (C=O) groups is 2. The fourth-order valence-electron chi connectivity index (χ4n) is 2.33. The summed E-state index contributed by atoms with van der Waals surface area (Å²) in [6.45, 7) is 1.48. The molecule has 3 aromatic rings. The van der Waals surface area contributed by atoms with Gasteiger partial charge in [-0.2, -0.15) is 5.26 Å². The molecular formula is C20H15N3O3. The lowest BCUT2D eigenvalue weighted by molar-refractivity contribution is -0.123. The molecule has 26 heavy (non-hydrogen) atoms. The third kappa shape index (κ3) is 3.84. The molecule has 1 N–H and O–H groups in total. The van der Waals surface area contributed by atoms with Crippen molar-refractivity contribution in [2.45, 2.75) is 13.0 Å². The Hall–Kier alpha value is -3.72. The van der Waals surface area contributed by atoms with Crippen LogP contribution in [0.15, 0.2) is 60.7 Å². The molecule has 1 amide bonds. The van der Waals surface area contributed by atoms with Crippen LogP contribution in [0.25, 0.3) is 10.9 Å². The SMILES string of the molecule is C[C@H](OC(=O)c1ccc2ccccc2n1)C(=O)Nc1ccc(C#N)cc1. The molecule has 1 heterocycles. The molecule has 128 valence electrons. The second-order valence-corrected chi connectivity index (χ2v) is 5.62. The lowest BCUT2D eigenvalue weighted by atomic mass is 10.2. The summed E-state index contributed by atoms with van der Waals surface area (Å²) in [4.78, 5) is 28.7. The van der Waals surface area contributed by atoms with E-state index in [4.69, 9.17) is 10.00 Å². The van der Waals surface area contributed by atoms with Crippen molar-refractivity contribution in [3.63, 3.8) is 0 Å². The Morgan fingerprint density at radius 1 is 1.08 bits per heavy atom. The average molecular weight is 345 g/mol. The van der Waals surface area contributed by atoms with Gasteiger partial charge in [0.2, 0.25) is 0 Å². The van der Waals surface area contributed by atoms with Gasteiger partial charge in [0, 0.05) is 11.1 Å². The molecule has 1 aromatic heterocycles.